The van der Waals surface area contributed by atoms with Crippen LogP contribution >= 0.6 is 15.9 Å². The van der Waals surface area contributed by atoms with E-state index in [-0.39, 0.29) is 17.1 Å². The number of nitrogens with zero attached hydrogens (tertiary/aromatic N) is 1. The number of nitrogens with one attached hydrogen (secondary N) is 1. The quantitative estimate of drug-likeness (QED) is 0.629. The van der Waals surface area contributed by atoms with Crippen molar-refractivity contribution in [2.75, 3.05) is 11.9 Å². The number of carbonyl (C=O) groups is 1. The number of amides is 1. The summed E-state index contributed by atoms with van der Waals surface area (Å²) in [6, 6.07) is 8.52. The summed E-state index contributed by atoms with van der Waals surface area (Å²) in [7, 11) is 0. The molecule has 120 valence electrons. The second-order valence-corrected chi connectivity index (χ2v) is 5.59. The summed E-state index contributed by atoms with van der Waals surface area (Å²) in [6.45, 7) is 1.18. The maximum atomic E-state index is 13.6. The number of rotatable bonds is 5. The van der Waals surface area contributed by atoms with Gasteiger partial charge in [0.25, 0.3) is 11.6 Å². The van der Waals surface area contributed by atoms with Crippen molar-refractivity contribution >= 4 is 33.2 Å². The van der Waals surface area contributed by atoms with Gasteiger partial charge in [-0.15, -0.1) is 0 Å². The molecule has 0 bridgehead atoms. The van der Waals surface area contributed by atoms with Gasteiger partial charge in [0.05, 0.1) is 4.92 Å². The molecule has 2 rings (SSSR count). The monoisotopic (exact) mass is 382 g/mol. The number of hydrogen-bond donors (Lipinski definition) is 1. The maximum absolute atomic E-state index is 13.6. The Balaban J connectivity index is 2.00. The highest BCUT2D eigenvalue weighted by Crippen LogP contribution is 2.23. The summed E-state index contributed by atoms with van der Waals surface area (Å²) < 4.78 is 19.2. The fraction of sp³-hybridized carbons (Fsp3) is 0.133. The van der Waals surface area contributed by atoms with Crippen molar-refractivity contribution in [2.45, 2.75) is 6.92 Å². The standard InChI is InChI=1S/C15H12BrFN2O4/c1-9-2-4-11(7-13(9)19(21)22)18-15(20)8-23-14-5-3-10(16)6-12(14)17/h2-7H,8H2,1H3,(H,18,20). The summed E-state index contributed by atoms with van der Waals surface area (Å²) in [6.07, 6.45) is 0. The van der Waals surface area contributed by atoms with E-state index in [0.29, 0.717) is 10.0 Å². The molecule has 0 spiro atoms. The lowest BCUT2D eigenvalue weighted by Gasteiger charge is -2.09. The summed E-state index contributed by atoms with van der Waals surface area (Å²) >= 11 is 3.11. The van der Waals surface area contributed by atoms with Crippen LogP contribution in [0.15, 0.2) is 40.9 Å². The zero-order valence-corrected chi connectivity index (χ0v) is 13.6. The molecule has 1 N–H and O–H groups in total. The number of halogens is 2. The van der Waals surface area contributed by atoms with Crippen LogP contribution in [0.2, 0.25) is 0 Å². The van der Waals surface area contributed by atoms with Gasteiger partial charge in [-0.25, -0.2) is 4.39 Å². The minimum absolute atomic E-state index is 0.0572. The van der Waals surface area contributed by atoms with Gasteiger partial charge in [-0.1, -0.05) is 22.0 Å². The van der Waals surface area contributed by atoms with Crippen LogP contribution in [0.3, 0.4) is 0 Å². The molecule has 0 aliphatic rings. The topological polar surface area (TPSA) is 81.5 Å². The summed E-state index contributed by atoms with van der Waals surface area (Å²) in [5.41, 5.74) is 0.663. The number of aryl methyl sites for hydroxylation is 1. The summed E-state index contributed by atoms with van der Waals surface area (Å²) in [5.74, 6) is -1.21. The number of anilines is 1. The molecule has 0 aliphatic carbocycles. The number of ether oxygens (including phenoxy) is 1. The number of nitro groups is 1. The van der Waals surface area contributed by atoms with Gasteiger partial charge in [0, 0.05) is 21.8 Å². The predicted molar refractivity (Wildman–Crippen MR) is 86.1 cm³/mol. The van der Waals surface area contributed by atoms with Crippen molar-refractivity contribution in [1.29, 1.82) is 0 Å². The first-order chi connectivity index (χ1) is 10.9. The van der Waals surface area contributed by atoms with Crippen LogP contribution in [0.1, 0.15) is 5.56 Å². The predicted octanol–water partition coefficient (Wildman–Crippen LogP) is 3.82. The van der Waals surface area contributed by atoms with E-state index in [1.54, 1.807) is 19.1 Å². The van der Waals surface area contributed by atoms with Crippen molar-refractivity contribution in [3.63, 3.8) is 0 Å². The molecular formula is C15H12BrFN2O4. The third-order valence-corrected chi connectivity index (χ3v) is 3.44. The Kier molecular flexibility index (Phi) is 5.28. The van der Waals surface area contributed by atoms with E-state index in [4.69, 9.17) is 4.74 Å². The van der Waals surface area contributed by atoms with Crippen molar-refractivity contribution < 1.29 is 18.8 Å². The van der Waals surface area contributed by atoms with E-state index >= 15 is 0 Å². The average molecular weight is 383 g/mol. The second-order valence-electron chi connectivity index (χ2n) is 4.67. The molecule has 0 saturated heterocycles. The van der Waals surface area contributed by atoms with Crippen molar-refractivity contribution in [3.8, 4) is 5.75 Å². The lowest BCUT2D eigenvalue weighted by molar-refractivity contribution is -0.385. The third kappa shape index (κ3) is 4.49. The molecule has 0 radical (unpaired) electrons. The maximum Gasteiger partial charge on any atom is 0.274 e. The Morgan fingerprint density at radius 2 is 2.09 bits per heavy atom. The van der Waals surface area contributed by atoms with E-state index in [0.717, 1.165) is 0 Å². The van der Waals surface area contributed by atoms with Gasteiger partial charge in [-0.2, -0.15) is 0 Å². The van der Waals surface area contributed by atoms with Gasteiger partial charge in [0.2, 0.25) is 0 Å². The van der Waals surface area contributed by atoms with E-state index < -0.39 is 23.3 Å². The second kappa shape index (κ2) is 7.19. The highest BCUT2D eigenvalue weighted by Gasteiger charge is 2.13. The summed E-state index contributed by atoms with van der Waals surface area (Å²) in [5, 5.41) is 13.3. The van der Waals surface area contributed by atoms with Crippen molar-refractivity contribution in [2.24, 2.45) is 0 Å². The lowest BCUT2D eigenvalue weighted by atomic mass is 10.2. The first kappa shape index (κ1) is 16.9. The van der Waals surface area contributed by atoms with Crippen LogP contribution in [0.25, 0.3) is 0 Å². The first-order valence-electron chi connectivity index (χ1n) is 6.49. The Morgan fingerprint density at radius 3 is 2.74 bits per heavy atom. The van der Waals surface area contributed by atoms with Crippen LogP contribution in [-0.4, -0.2) is 17.4 Å². The number of benzene rings is 2. The van der Waals surface area contributed by atoms with Gasteiger partial charge in [-0.3, -0.25) is 14.9 Å². The van der Waals surface area contributed by atoms with E-state index in [9.17, 15) is 19.3 Å². The number of hydrogen-bond acceptors (Lipinski definition) is 4. The van der Waals surface area contributed by atoms with Crippen LogP contribution in [-0.2, 0) is 4.79 Å². The number of carbonyl (C=O) groups excluding carboxylic acids is 1. The molecule has 6 nitrogen and oxygen atoms in total. The molecule has 1 amide bonds. The minimum Gasteiger partial charge on any atom is -0.481 e. The molecule has 0 aromatic heterocycles. The highest BCUT2D eigenvalue weighted by atomic mass is 79.9. The van der Waals surface area contributed by atoms with E-state index in [1.165, 1.54) is 24.3 Å². The largest absolute Gasteiger partial charge is 0.481 e. The van der Waals surface area contributed by atoms with Gasteiger partial charge >= 0.3 is 0 Å². The van der Waals surface area contributed by atoms with Crippen LogP contribution < -0.4 is 10.1 Å². The van der Waals surface area contributed by atoms with E-state index in [2.05, 4.69) is 21.2 Å². The van der Waals surface area contributed by atoms with Gasteiger partial charge in [0.1, 0.15) is 0 Å². The zero-order valence-electron chi connectivity index (χ0n) is 12.0. The Hall–Kier alpha value is -2.48. The van der Waals surface area contributed by atoms with Crippen LogP contribution in [0.5, 0.6) is 5.75 Å². The smallest absolute Gasteiger partial charge is 0.274 e. The SMILES string of the molecule is Cc1ccc(NC(=O)COc2ccc(Br)cc2F)cc1[N+](=O)[O-]. The van der Waals surface area contributed by atoms with Crippen LogP contribution in [0, 0.1) is 22.9 Å². The molecule has 23 heavy (non-hydrogen) atoms. The molecule has 0 unspecified atom stereocenters. The fourth-order valence-electron chi connectivity index (χ4n) is 1.82. The van der Waals surface area contributed by atoms with Gasteiger partial charge in [0.15, 0.2) is 18.2 Å². The summed E-state index contributed by atoms with van der Waals surface area (Å²) in [4.78, 5) is 22.1. The van der Waals surface area contributed by atoms with Gasteiger partial charge < -0.3 is 10.1 Å². The van der Waals surface area contributed by atoms with E-state index in [1.807, 2.05) is 0 Å². The lowest BCUT2D eigenvalue weighted by Crippen LogP contribution is -2.20. The molecule has 0 saturated carbocycles. The van der Waals surface area contributed by atoms with Crippen molar-refractivity contribution in [3.05, 3.63) is 62.4 Å². The van der Waals surface area contributed by atoms with Gasteiger partial charge in [-0.05, 0) is 31.2 Å². The highest BCUT2D eigenvalue weighted by molar-refractivity contribution is 9.10. The first-order valence-corrected chi connectivity index (χ1v) is 7.29. The minimum atomic E-state index is -0.599. The third-order valence-electron chi connectivity index (χ3n) is 2.94. The van der Waals surface area contributed by atoms with Crippen molar-refractivity contribution in [1.82, 2.24) is 0 Å². The van der Waals surface area contributed by atoms with Crippen LogP contribution in [0.4, 0.5) is 15.8 Å². The zero-order chi connectivity index (χ0) is 17.0. The molecule has 0 fully saturated rings. The average Bonchev–Trinajstić information content (AvgIpc) is 2.48. The Labute approximate surface area is 139 Å². The number of nitro benzene ring substituents is 1. The molecular weight excluding hydrogens is 371 g/mol. The Bertz CT molecular complexity index is 767. The molecule has 0 atom stereocenters. The molecule has 2 aromatic rings. The normalized spacial score (nSPS) is 10.2. The molecule has 8 heteroatoms. The molecule has 2 aromatic carbocycles. The Morgan fingerprint density at radius 1 is 1.35 bits per heavy atom. The molecule has 0 aliphatic heterocycles. The fourth-order valence-corrected chi connectivity index (χ4v) is 2.15. The molecule has 0 heterocycles.